The van der Waals surface area contributed by atoms with Crippen molar-refractivity contribution in [1.82, 2.24) is 14.9 Å². The molecule has 0 aliphatic carbocycles. The molecule has 6 nitrogen and oxygen atoms in total. The van der Waals surface area contributed by atoms with Crippen LogP contribution in [0.5, 0.6) is 11.5 Å². The van der Waals surface area contributed by atoms with Crippen LogP contribution in [0.25, 0.3) is 11.0 Å². The van der Waals surface area contributed by atoms with Crippen molar-refractivity contribution in [2.45, 2.75) is 45.1 Å². The van der Waals surface area contributed by atoms with Crippen molar-refractivity contribution < 1.29 is 14.3 Å². The highest BCUT2D eigenvalue weighted by Gasteiger charge is 2.10. The molecule has 0 bridgehead atoms. The van der Waals surface area contributed by atoms with E-state index in [4.69, 9.17) is 26.1 Å². The number of fused-ring (bicyclic) bond motifs is 1. The van der Waals surface area contributed by atoms with Gasteiger partial charge >= 0.3 is 0 Å². The Bertz CT molecular complexity index is 1290. The minimum atomic E-state index is -0.0688. The molecule has 1 N–H and O–H groups in total. The van der Waals surface area contributed by atoms with Gasteiger partial charge in [-0.1, -0.05) is 36.2 Å². The summed E-state index contributed by atoms with van der Waals surface area (Å²) in [4.78, 5) is 17.3. The molecule has 1 aromatic heterocycles. The van der Waals surface area contributed by atoms with E-state index in [1.807, 2.05) is 42.5 Å². The number of nitrogens with zero attached hydrogens (tertiary/aromatic N) is 2. The summed E-state index contributed by atoms with van der Waals surface area (Å²) >= 11 is 5.94. The maximum atomic E-state index is 12.4. The van der Waals surface area contributed by atoms with Gasteiger partial charge in [-0.25, -0.2) is 4.98 Å². The van der Waals surface area contributed by atoms with Crippen molar-refractivity contribution in [2.24, 2.45) is 0 Å². The van der Waals surface area contributed by atoms with Gasteiger partial charge in [0.15, 0.2) is 0 Å². The Balaban J connectivity index is 1.21. The second-order valence-corrected chi connectivity index (χ2v) is 9.41. The third kappa shape index (κ3) is 7.73. The summed E-state index contributed by atoms with van der Waals surface area (Å²) in [6.07, 6.45) is 5.87. The van der Waals surface area contributed by atoms with Crippen molar-refractivity contribution in [3.8, 4) is 11.5 Å². The zero-order valence-electron chi connectivity index (χ0n) is 21.3. The molecule has 1 amide bonds. The third-order valence-corrected chi connectivity index (χ3v) is 6.54. The lowest BCUT2D eigenvalue weighted by Crippen LogP contribution is -2.24. The molecule has 0 spiro atoms. The zero-order valence-corrected chi connectivity index (χ0v) is 22.0. The fourth-order valence-electron chi connectivity index (χ4n) is 4.31. The van der Waals surface area contributed by atoms with Crippen LogP contribution in [0.2, 0.25) is 5.02 Å². The van der Waals surface area contributed by atoms with Crippen LogP contribution in [-0.2, 0) is 13.0 Å². The highest BCUT2D eigenvalue weighted by Crippen LogP contribution is 2.20. The molecule has 4 aromatic rings. The van der Waals surface area contributed by atoms with Gasteiger partial charge in [-0.2, -0.15) is 0 Å². The van der Waals surface area contributed by atoms with E-state index in [0.29, 0.717) is 29.5 Å². The minimum absolute atomic E-state index is 0.0688. The maximum Gasteiger partial charge on any atom is 0.251 e. The van der Waals surface area contributed by atoms with Gasteiger partial charge in [-0.3, -0.25) is 4.79 Å². The molecule has 7 heteroatoms. The number of rotatable bonds is 14. The monoisotopic (exact) mass is 519 g/mol. The van der Waals surface area contributed by atoms with Crippen LogP contribution in [0, 0.1) is 0 Å². The second kappa shape index (κ2) is 13.7. The molecule has 0 fully saturated rings. The summed E-state index contributed by atoms with van der Waals surface area (Å²) in [6, 6.07) is 23.0. The van der Waals surface area contributed by atoms with E-state index in [9.17, 15) is 4.79 Å². The topological polar surface area (TPSA) is 65.4 Å². The molecule has 0 atom stereocenters. The van der Waals surface area contributed by atoms with E-state index in [0.717, 1.165) is 62.2 Å². The molecule has 0 aliphatic rings. The van der Waals surface area contributed by atoms with Crippen molar-refractivity contribution in [2.75, 3.05) is 20.3 Å². The van der Waals surface area contributed by atoms with Crippen LogP contribution in [-0.4, -0.2) is 35.7 Å². The van der Waals surface area contributed by atoms with Crippen molar-refractivity contribution in [1.29, 1.82) is 0 Å². The number of amides is 1. The number of hydrogen-bond donors (Lipinski definition) is 1. The van der Waals surface area contributed by atoms with E-state index in [1.165, 1.54) is 5.52 Å². The zero-order chi connectivity index (χ0) is 25.9. The molecule has 0 radical (unpaired) electrons. The first-order valence-corrected chi connectivity index (χ1v) is 13.3. The van der Waals surface area contributed by atoms with Crippen molar-refractivity contribution >= 4 is 28.5 Å². The highest BCUT2D eigenvalue weighted by atomic mass is 35.5. The SMILES string of the molecule is COc1cccc(C(=O)NCCCCCc2nc3ccccc3n2CCCCOc2ccc(Cl)cc2)c1. The van der Waals surface area contributed by atoms with E-state index < -0.39 is 0 Å². The predicted molar refractivity (Wildman–Crippen MR) is 149 cm³/mol. The molecule has 4 rings (SSSR count). The van der Waals surface area contributed by atoms with Crippen molar-refractivity contribution in [3.63, 3.8) is 0 Å². The molecule has 1 heterocycles. The number of para-hydroxylation sites is 2. The fraction of sp³-hybridized carbons (Fsp3) is 0.333. The van der Waals surface area contributed by atoms with Gasteiger partial charge in [-0.05, 0) is 80.3 Å². The van der Waals surface area contributed by atoms with E-state index >= 15 is 0 Å². The Kier molecular flexibility index (Phi) is 9.83. The van der Waals surface area contributed by atoms with E-state index in [-0.39, 0.29) is 5.91 Å². The standard InChI is InChI=1S/C30H34ClN3O3/c1-36-26-11-9-10-23(22-26)30(35)32-19-6-2-3-14-29-33-27-12-4-5-13-28(27)34(29)20-7-8-21-37-25-17-15-24(31)16-18-25/h4-5,9-13,15-18,22H,2-3,6-8,14,19-21H2,1H3,(H,32,35). The lowest BCUT2D eigenvalue weighted by Gasteiger charge is -2.11. The van der Waals surface area contributed by atoms with Gasteiger partial charge in [0.1, 0.15) is 17.3 Å². The Labute approximate surface area is 223 Å². The molecule has 0 unspecified atom stereocenters. The molecular formula is C30H34ClN3O3. The van der Waals surface area contributed by atoms with Gasteiger partial charge in [0.2, 0.25) is 0 Å². The van der Waals surface area contributed by atoms with Crippen LogP contribution in [0.15, 0.2) is 72.8 Å². The number of methoxy groups -OCH3 is 1. The van der Waals surface area contributed by atoms with Gasteiger partial charge in [-0.15, -0.1) is 0 Å². The van der Waals surface area contributed by atoms with Gasteiger partial charge < -0.3 is 19.4 Å². The van der Waals surface area contributed by atoms with Crippen LogP contribution < -0.4 is 14.8 Å². The molecule has 0 saturated carbocycles. The molecule has 194 valence electrons. The first kappa shape index (κ1) is 26.6. The lowest BCUT2D eigenvalue weighted by molar-refractivity contribution is 0.0952. The first-order chi connectivity index (χ1) is 18.1. The predicted octanol–water partition coefficient (Wildman–Crippen LogP) is 6.70. The average molecular weight is 520 g/mol. The molecule has 37 heavy (non-hydrogen) atoms. The number of hydrogen-bond acceptors (Lipinski definition) is 4. The van der Waals surface area contributed by atoms with Gasteiger partial charge in [0, 0.05) is 30.1 Å². The van der Waals surface area contributed by atoms with Crippen LogP contribution >= 0.6 is 11.6 Å². The van der Waals surface area contributed by atoms with Gasteiger partial charge in [0.05, 0.1) is 24.8 Å². The van der Waals surface area contributed by atoms with E-state index in [2.05, 4.69) is 28.1 Å². The third-order valence-electron chi connectivity index (χ3n) is 6.29. The number of halogens is 1. The summed E-state index contributed by atoms with van der Waals surface area (Å²) in [7, 11) is 1.60. The highest BCUT2D eigenvalue weighted by molar-refractivity contribution is 6.30. The normalized spacial score (nSPS) is 11.0. The Morgan fingerprint density at radius 1 is 0.919 bits per heavy atom. The van der Waals surface area contributed by atoms with Crippen LogP contribution in [0.3, 0.4) is 0 Å². The minimum Gasteiger partial charge on any atom is -0.497 e. The number of ether oxygens (including phenoxy) is 2. The Morgan fingerprint density at radius 2 is 1.76 bits per heavy atom. The average Bonchev–Trinajstić information content (AvgIpc) is 3.28. The van der Waals surface area contributed by atoms with Crippen molar-refractivity contribution in [3.05, 3.63) is 89.2 Å². The smallest absolute Gasteiger partial charge is 0.251 e. The van der Waals surface area contributed by atoms with Gasteiger partial charge in [0.25, 0.3) is 5.91 Å². The number of nitrogens with one attached hydrogen (secondary N) is 1. The quantitative estimate of drug-likeness (QED) is 0.188. The summed E-state index contributed by atoms with van der Waals surface area (Å²) in [6.45, 7) is 2.24. The molecule has 3 aromatic carbocycles. The summed E-state index contributed by atoms with van der Waals surface area (Å²) < 4.78 is 13.4. The number of unbranched alkanes of at least 4 members (excludes halogenated alkanes) is 3. The lowest BCUT2D eigenvalue weighted by atomic mass is 10.1. The largest absolute Gasteiger partial charge is 0.497 e. The van der Waals surface area contributed by atoms with Crippen LogP contribution in [0.4, 0.5) is 0 Å². The molecule has 0 saturated heterocycles. The first-order valence-electron chi connectivity index (χ1n) is 12.9. The summed E-state index contributed by atoms with van der Waals surface area (Å²) in [5.74, 6) is 2.59. The number of aryl methyl sites for hydroxylation is 2. The Hall–Kier alpha value is -3.51. The number of carbonyl (C=O) groups is 1. The number of imidazole rings is 1. The molecule has 0 aliphatic heterocycles. The van der Waals surface area contributed by atoms with E-state index in [1.54, 1.807) is 19.2 Å². The Morgan fingerprint density at radius 3 is 2.59 bits per heavy atom. The van der Waals surface area contributed by atoms with Crippen LogP contribution in [0.1, 0.15) is 48.3 Å². The summed E-state index contributed by atoms with van der Waals surface area (Å²) in [5.41, 5.74) is 2.84. The number of benzene rings is 3. The second-order valence-electron chi connectivity index (χ2n) is 8.98. The number of aromatic nitrogens is 2. The summed E-state index contributed by atoms with van der Waals surface area (Å²) in [5, 5.41) is 3.72. The maximum absolute atomic E-state index is 12.4. The fourth-order valence-corrected chi connectivity index (χ4v) is 4.44. The molecular weight excluding hydrogens is 486 g/mol. The number of carbonyl (C=O) groups excluding carboxylic acids is 1.